The molecule has 5 nitrogen and oxygen atoms in total. The van der Waals surface area contributed by atoms with Crippen LogP contribution in [0.15, 0.2) is 29.3 Å². The highest BCUT2D eigenvalue weighted by Gasteiger charge is 2.10. The number of methoxy groups -OCH3 is 1. The van der Waals surface area contributed by atoms with Crippen molar-refractivity contribution in [2.75, 3.05) is 33.8 Å². The van der Waals surface area contributed by atoms with Crippen LogP contribution in [-0.2, 0) is 0 Å². The number of ether oxygens (including phenoxy) is 1. The van der Waals surface area contributed by atoms with Crippen LogP contribution < -0.4 is 10.1 Å². The number of hydrogen-bond acceptors (Lipinski definition) is 3. The lowest BCUT2D eigenvalue weighted by atomic mass is 10.1. The van der Waals surface area contributed by atoms with Crippen LogP contribution in [0.3, 0.4) is 0 Å². The van der Waals surface area contributed by atoms with Crippen LogP contribution in [0.1, 0.15) is 38.4 Å². The van der Waals surface area contributed by atoms with E-state index in [1.54, 1.807) is 7.11 Å². The lowest BCUT2D eigenvalue weighted by Crippen LogP contribution is -2.39. The SMILES string of the molecule is CCCCN(C)C(=NCC(O)c1cccc(OC)c1)NCC.I. The second-order valence-corrected chi connectivity index (χ2v) is 5.26. The van der Waals surface area contributed by atoms with Crippen molar-refractivity contribution < 1.29 is 9.84 Å². The van der Waals surface area contributed by atoms with E-state index in [1.807, 2.05) is 38.2 Å². The number of benzene rings is 1. The van der Waals surface area contributed by atoms with E-state index in [1.165, 1.54) is 0 Å². The van der Waals surface area contributed by atoms with Gasteiger partial charge in [-0.3, -0.25) is 4.99 Å². The number of rotatable bonds is 8. The maximum Gasteiger partial charge on any atom is 0.193 e. The number of aliphatic imine (C=N–C) groups is 1. The van der Waals surface area contributed by atoms with Gasteiger partial charge in [0.15, 0.2) is 5.96 Å². The Kier molecular flexibility index (Phi) is 11.9. The molecule has 0 aromatic heterocycles. The highest BCUT2D eigenvalue weighted by atomic mass is 127. The van der Waals surface area contributed by atoms with Crippen LogP contribution in [0.4, 0.5) is 0 Å². The molecule has 0 aliphatic heterocycles. The molecule has 1 aromatic rings. The Morgan fingerprint density at radius 2 is 2.13 bits per heavy atom. The topological polar surface area (TPSA) is 57.1 Å². The Morgan fingerprint density at radius 1 is 1.39 bits per heavy atom. The van der Waals surface area contributed by atoms with Crippen LogP contribution >= 0.6 is 24.0 Å². The molecule has 132 valence electrons. The molecule has 0 spiro atoms. The fourth-order valence-electron chi connectivity index (χ4n) is 2.10. The Hall–Kier alpha value is -1.02. The summed E-state index contributed by atoms with van der Waals surface area (Å²) in [6.45, 7) is 6.31. The van der Waals surface area contributed by atoms with Crippen LogP contribution in [0, 0.1) is 0 Å². The third-order valence-electron chi connectivity index (χ3n) is 3.44. The van der Waals surface area contributed by atoms with Crippen molar-refractivity contribution in [1.29, 1.82) is 0 Å². The number of unbranched alkanes of at least 4 members (excludes halogenated alkanes) is 1. The van der Waals surface area contributed by atoms with Gasteiger partial charge in [-0.2, -0.15) is 0 Å². The normalized spacial score (nSPS) is 12.3. The Balaban J connectivity index is 0.00000484. The van der Waals surface area contributed by atoms with Crippen molar-refractivity contribution >= 4 is 29.9 Å². The van der Waals surface area contributed by atoms with Gasteiger partial charge in [0.25, 0.3) is 0 Å². The first-order valence-corrected chi connectivity index (χ1v) is 7.93. The van der Waals surface area contributed by atoms with Crippen molar-refractivity contribution in [3.8, 4) is 5.75 Å². The van der Waals surface area contributed by atoms with E-state index in [-0.39, 0.29) is 24.0 Å². The largest absolute Gasteiger partial charge is 0.497 e. The molecule has 1 rings (SSSR count). The lowest BCUT2D eigenvalue weighted by Gasteiger charge is -2.22. The van der Waals surface area contributed by atoms with E-state index in [4.69, 9.17) is 4.74 Å². The van der Waals surface area contributed by atoms with E-state index in [0.717, 1.165) is 43.2 Å². The molecule has 1 unspecified atom stereocenters. The summed E-state index contributed by atoms with van der Waals surface area (Å²) in [4.78, 5) is 6.64. The lowest BCUT2D eigenvalue weighted by molar-refractivity contribution is 0.186. The zero-order valence-corrected chi connectivity index (χ0v) is 16.9. The monoisotopic (exact) mass is 435 g/mol. The van der Waals surface area contributed by atoms with Crippen molar-refractivity contribution in [1.82, 2.24) is 10.2 Å². The minimum Gasteiger partial charge on any atom is -0.497 e. The average molecular weight is 435 g/mol. The number of halogens is 1. The summed E-state index contributed by atoms with van der Waals surface area (Å²) in [5.41, 5.74) is 0.815. The van der Waals surface area contributed by atoms with Crippen LogP contribution in [0.5, 0.6) is 5.75 Å². The Bertz CT molecular complexity index is 469. The number of aliphatic hydroxyl groups is 1. The number of nitrogens with zero attached hydrogens (tertiary/aromatic N) is 2. The van der Waals surface area contributed by atoms with E-state index < -0.39 is 6.10 Å². The fourth-order valence-corrected chi connectivity index (χ4v) is 2.10. The summed E-state index contributed by atoms with van der Waals surface area (Å²) in [7, 11) is 3.64. The van der Waals surface area contributed by atoms with Crippen LogP contribution in [0.25, 0.3) is 0 Å². The summed E-state index contributed by atoms with van der Waals surface area (Å²) in [6.07, 6.45) is 1.64. The first-order valence-electron chi connectivity index (χ1n) is 7.93. The molecule has 2 N–H and O–H groups in total. The molecular formula is C17H30IN3O2. The molecule has 0 saturated carbocycles. The summed E-state index contributed by atoms with van der Waals surface area (Å²) < 4.78 is 5.18. The fraction of sp³-hybridized carbons (Fsp3) is 0.588. The van der Waals surface area contributed by atoms with Gasteiger partial charge in [0.2, 0.25) is 0 Å². The highest BCUT2D eigenvalue weighted by Crippen LogP contribution is 2.19. The maximum atomic E-state index is 10.3. The first-order chi connectivity index (χ1) is 10.6. The molecule has 1 atom stereocenters. The molecule has 0 radical (unpaired) electrons. The van der Waals surface area contributed by atoms with Gasteiger partial charge in [0.1, 0.15) is 5.75 Å². The van der Waals surface area contributed by atoms with E-state index in [0.29, 0.717) is 6.54 Å². The second-order valence-electron chi connectivity index (χ2n) is 5.26. The molecule has 0 bridgehead atoms. The molecule has 0 aliphatic rings. The summed E-state index contributed by atoms with van der Waals surface area (Å²) >= 11 is 0. The molecule has 0 heterocycles. The van der Waals surface area contributed by atoms with Crippen LogP contribution in [0.2, 0.25) is 0 Å². The van der Waals surface area contributed by atoms with Gasteiger partial charge in [-0.05, 0) is 31.0 Å². The number of guanidine groups is 1. The predicted octanol–water partition coefficient (Wildman–Crippen LogP) is 3.04. The minimum absolute atomic E-state index is 0. The first kappa shape index (κ1) is 22.0. The Labute approximate surface area is 157 Å². The van der Waals surface area contributed by atoms with Gasteiger partial charge in [0, 0.05) is 20.1 Å². The zero-order valence-electron chi connectivity index (χ0n) is 14.6. The minimum atomic E-state index is -0.636. The smallest absolute Gasteiger partial charge is 0.193 e. The van der Waals surface area contributed by atoms with Crippen molar-refractivity contribution in [3.05, 3.63) is 29.8 Å². The Morgan fingerprint density at radius 3 is 2.74 bits per heavy atom. The molecule has 0 aliphatic carbocycles. The van der Waals surface area contributed by atoms with E-state index in [9.17, 15) is 5.11 Å². The highest BCUT2D eigenvalue weighted by molar-refractivity contribution is 14.0. The van der Waals surface area contributed by atoms with E-state index in [2.05, 4.69) is 22.1 Å². The van der Waals surface area contributed by atoms with Gasteiger partial charge < -0.3 is 20.1 Å². The third kappa shape index (κ3) is 7.87. The van der Waals surface area contributed by atoms with Gasteiger partial charge in [0.05, 0.1) is 19.8 Å². The van der Waals surface area contributed by atoms with Gasteiger partial charge in [-0.25, -0.2) is 0 Å². The maximum absolute atomic E-state index is 10.3. The van der Waals surface area contributed by atoms with Crippen LogP contribution in [-0.4, -0.2) is 49.8 Å². The standard InChI is InChI=1S/C17H29N3O2.HI/c1-5-7-11-20(3)17(18-6-2)19-13-16(21)14-9-8-10-15(12-14)22-4;/h8-10,12,16,21H,5-7,11,13H2,1-4H3,(H,18,19);1H. The third-order valence-corrected chi connectivity index (χ3v) is 3.44. The summed E-state index contributed by atoms with van der Waals surface area (Å²) in [6, 6.07) is 7.46. The van der Waals surface area contributed by atoms with Crippen molar-refractivity contribution in [2.24, 2.45) is 4.99 Å². The summed E-state index contributed by atoms with van der Waals surface area (Å²) in [5.74, 6) is 1.57. The van der Waals surface area contributed by atoms with Crippen molar-refractivity contribution in [3.63, 3.8) is 0 Å². The molecule has 23 heavy (non-hydrogen) atoms. The summed E-state index contributed by atoms with van der Waals surface area (Å²) in [5, 5.41) is 13.6. The number of aliphatic hydroxyl groups excluding tert-OH is 1. The molecule has 6 heteroatoms. The molecular weight excluding hydrogens is 405 g/mol. The van der Waals surface area contributed by atoms with Gasteiger partial charge >= 0.3 is 0 Å². The number of nitrogens with one attached hydrogen (secondary N) is 1. The molecule has 0 fully saturated rings. The quantitative estimate of drug-likeness (QED) is 0.375. The van der Waals surface area contributed by atoms with Crippen molar-refractivity contribution in [2.45, 2.75) is 32.8 Å². The number of hydrogen-bond donors (Lipinski definition) is 2. The van der Waals surface area contributed by atoms with Gasteiger partial charge in [-0.15, -0.1) is 24.0 Å². The molecule has 0 saturated heterocycles. The predicted molar refractivity (Wildman–Crippen MR) is 107 cm³/mol. The van der Waals surface area contributed by atoms with Gasteiger partial charge in [-0.1, -0.05) is 25.5 Å². The molecule has 1 aromatic carbocycles. The second kappa shape index (κ2) is 12.4. The van der Waals surface area contributed by atoms with E-state index >= 15 is 0 Å². The molecule has 0 amide bonds. The zero-order chi connectivity index (χ0) is 16.4. The average Bonchev–Trinajstić information content (AvgIpc) is 2.56.